The molecule has 0 saturated heterocycles. The molecule has 0 unspecified atom stereocenters. The van der Waals surface area contributed by atoms with Crippen LogP contribution in [-0.4, -0.2) is 32.9 Å². The van der Waals surface area contributed by atoms with Crippen LogP contribution in [0.3, 0.4) is 0 Å². The van der Waals surface area contributed by atoms with E-state index >= 15 is 0 Å². The molecule has 6 nitrogen and oxygen atoms in total. The van der Waals surface area contributed by atoms with Crippen LogP contribution < -0.4 is 11.0 Å². The smallest absolute Gasteiger partial charge is 0.337 e. The normalized spacial score (nSPS) is 17.0. The van der Waals surface area contributed by atoms with Gasteiger partial charge >= 0.3 is 11.7 Å². The molecule has 3 rings (SSSR count). The van der Waals surface area contributed by atoms with Gasteiger partial charge in [-0.25, -0.2) is 14.2 Å². The van der Waals surface area contributed by atoms with Gasteiger partial charge in [0.25, 0.3) is 0 Å². The van der Waals surface area contributed by atoms with Crippen LogP contribution in [0, 0.1) is 11.3 Å². The Bertz CT molecular complexity index is 904. The largest absolute Gasteiger partial charge is 0.394 e. The number of rotatable bonds is 4. The van der Waals surface area contributed by atoms with Gasteiger partial charge in [0.1, 0.15) is 0 Å². The summed E-state index contributed by atoms with van der Waals surface area (Å²) in [5, 5.41) is 12.5. The van der Waals surface area contributed by atoms with Crippen LogP contribution in [0.5, 0.6) is 0 Å². The zero-order valence-corrected chi connectivity index (χ0v) is 18.5. The average molecular weight is 452 g/mol. The number of carbonyl (C=O) groups excluding carboxylic acids is 1. The molecule has 1 amide bonds. The van der Waals surface area contributed by atoms with Crippen LogP contribution in [0.25, 0.3) is 11.0 Å². The number of halogens is 1. The van der Waals surface area contributed by atoms with Crippen molar-refractivity contribution in [2.45, 2.75) is 65.5 Å². The second kappa shape index (κ2) is 8.41. The van der Waals surface area contributed by atoms with Crippen molar-refractivity contribution < 1.29 is 9.90 Å². The second-order valence-electron chi connectivity index (χ2n) is 8.92. The van der Waals surface area contributed by atoms with E-state index in [1.54, 1.807) is 10.6 Å². The fourth-order valence-corrected chi connectivity index (χ4v) is 4.33. The van der Waals surface area contributed by atoms with Crippen LogP contribution in [0.2, 0.25) is 0 Å². The molecule has 154 valence electrons. The fraction of sp³-hybridized carbons (Fsp3) is 0.619. The van der Waals surface area contributed by atoms with E-state index in [2.05, 4.69) is 21.2 Å². The third kappa shape index (κ3) is 4.35. The highest BCUT2D eigenvalue weighted by atomic mass is 79.9. The summed E-state index contributed by atoms with van der Waals surface area (Å²) in [6.45, 7) is 6.28. The van der Waals surface area contributed by atoms with Crippen LogP contribution in [0.4, 0.5) is 4.79 Å². The molecule has 1 heterocycles. The number of imidazole rings is 1. The van der Waals surface area contributed by atoms with Gasteiger partial charge in [-0.3, -0.25) is 4.57 Å². The Balaban J connectivity index is 2.01. The molecular weight excluding hydrogens is 422 g/mol. The number of amides is 1. The Labute approximate surface area is 174 Å². The Hall–Kier alpha value is -1.60. The van der Waals surface area contributed by atoms with Crippen molar-refractivity contribution in [3.63, 3.8) is 0 Å². The highest BCUT2D eigenvalue weighted by Gasteiger charge is 2.28. The number of fused-ring (bicyclic) bond motifs is 1. The summed E-state index contributed by atoms with van der Waals surface area (Å²) >= 11 is 3.48. The first-order valence-corrected chi connectivity index (χ1v) is 10.8. The van der Waals surface area contributed by atoms with Gasteiger partial charge in [0.05, 0.1) is 23.7 Å². The molecule has 0 aliphatic heterocycles. The minimum atomic E-state index is -0.492. The Morgan fingerprint density at radius 1 is 1.25 bits per heavy atom. The average Bonchev–Trinajstić information content (AvgIpc) is 2.91. The molecule has 2 aromatic rings. The van der Waals surface area contributed by atoms with E-state index in [4.69, 9.17) is 0 Å². The number of aliphatic hydroxyl groups excluding tert-OH is 1. The molecular formula is C21H30BrN3O3. The summed E-state index contributed by atoms with van der Waals surface area (Å²) in [4.78, 5) is 26.2. The van der Waals surface area contributed by atoms with E-state index in [-0.39, 0.29) is 17.7 Å². The van der Waals surface area contributed by atoms with E-state index in [1.807, 2.05) is 32.9 Å². The Kier molecular flexibility index (Phi) is 6.34. The van der Waals surface area contributed by atoms with Gasteiger partial charge in [0.2, 0.25) is 0 Å². The molecule has 2 N–H and O–H groups in total. The van der Waals surface area contributed by atoms with Crippen molar-refractivity contribution >= 4 is 33.0 Å². The topological polar surface area (TPSA) is 76.3 Å². The van der Waals surface area contributed by atoms with E-state index in [1.165, 1.54) is 23.8 Å². The zero-order valence-electron chi connectivity index (χ0n) is 16.9. The first-order chi connectivity index (χ1) is 13.2. The van der Waals surface area contributed by atoms with Gasteiger partial charge in [-0.2, -0.15) is 0 Å². The number of hydrogen-bond donors (Lipinski definition) is 2. The number of benzene rings is 1. The lowest BCUT2D eigenvalue weighted by molar-refractivity contribution is 0.159. The van der Waals surface area contributed by atoms with E-state index in [9.17, 15) is 14.7 Å². The van der Waals surface area contributed by atoms with Crippen molar-refractivity contribution in [1.82, 2.24) is 14.5 Å². The molecule has 1 aromatic carbocycles. The number of aliphatic hydroxyl groups is 1. The standard InChI is InChI=1S/C21H30BrN3O3/c1-21(2,3)18(13-26)23-19(27)25-16-10-9-15(22)11-17(16)24(20(25)28)12-14-7-5-4-6-8-14/h9-11,14,18,26H,4-8,12-13H2,1-3H3,(H,23,27)/t18-/m1/s1. The summed E-state index contributed by atoms with van der Waals surface area (Å²) in [7, 11) is 0. The lowest BCUT2D eigenvalue weighted by Crippen LogP contribution is -2.49. The Morgan fingerprint density at radius 2 is 1.93 bits per heavy atom. The van der Waals surface area contributed by atoms with Gasteiger partial charge in [-0.05, 0) is 42.4 Å². The maximum atomic E-state index is 13.2. The molecule has 28 heavy (non-hydrogen) atoms. The first kappa shape index (κ1) is 21.1. The third-order valence-corrected chi connectivity index (χ3v) is 6.28. The minimum Gasteiger partial charge on any atom is -0.394 e. The maximum Gasteiger partial charge on any atom is 0.337 e. The minimum absolute atomic E-state index is 0.184. The van der Waals surface area contributed by atoms with Crippen molar-refractivity contribution in [3.8, 4) is 0 Å². The fourth-order valence-electron chi connectivity index (χ4n) is 3.98. The number of nitrogens with zero attached hydrogens (tertiary/aromatic N) is 2. The van der Waals surface area contributed by atoms with Gasteiger partial charge in [-0.1, -0.05) is 56.0 Å². The molecule has 1 aliphatic carbocycles. The van der Waals surface area contributed by atoms with Gasteiger partial charge in [0, 0.05) is 11.0 Å². The third-order valence-electron chi connectivity index (χ3n) is 5.79. The summed E-state index contributed by atoms with van der Waals surface area (Å²) in [5.74, 6) is 0.465. The molecule has 1 atom stereocenters. The number of aromatic nitrogens is 2. The number of nitrogens with one attached hydrogen (secondary N) is 1. The lowest BCUT2D eigenvalue weighted by Gasteiger charge is -2.29. The summed E-state index contributed by atoms with van der Waals surface area (Å²) in [6.07, 6.45) is 5.90. The van der Waals surface area contributed by atoms with Crippen molar-refractivity contribution in [2.24, 2.45) is 11.3 Å². The SMILES string of the molecule is CC(C)(C)[C@@H](CO)NC(=O)n1c(=O)n(CC2CCCCC2)c2cc(Br)ccc21. The molecule has 0 bridgehead atoms. The monoisotopic (exact) mass is 451 g/mol. The maximum absolute atomic E-state index is 13.2. The molecule has 1 aromatic heterocycles. The molecule has 0 spiro atoms. The van der Waals surface area contributed by atoms with Crippen LogP contribution in [0.15, 0.2) is 27.5 Å². The quantitative estimate of drug-likeness (QED) is 0.733. The summed E-state index contributed by atoms with van der Waals surface area (Å²) < 4.78 is 3.82. The first-order valence-electron chi connectivity index (χ1n) is 10.0. The van der Waals surface area contributed by atoms with Crippen LogP contribution >= 0.6 is 15.9 Å². The van der Waals surface area contributed by atoms with Gasteiger partial charge in [0.15, 0.2) is 0 Å². The van der Waals surface area contributed by atoms with Gasteiger partial charge in [-0.15, -0.1) is 0 Å². The lowest BCUT2D eigenvalue weighted by atomic mass is 9.87. The van der Waals surface area contributed by atoms with Crippen LogP contribution in [0.1, 0.15) is 52.9 Å². The van der Waals surface area contributed by atoms with E-state index in [0.717, 1.165) is 22.8 Å². The summed E-state index contributed by atoms with van der Waals surface area (Å²) in [6, 6.07) is 4.59. The van der Waals surface area contributed by atoms with E-state index < -0.39 is 12.1 Å². The highest BCUT2D eigenvalue weighted by molar-refractivity contribution is 9.10. The number of hydrogen-bond acceptors (Lipinski definition) is 3. The predicted octanol–water partition coefficient (Wildman–Crippen LogP) is 4.11. The van der Waals surface area contributed by atoms with Gasteiger partial charge < -0.3 is 10.4 Å². The Morgan fingerprint density at radius 3 is 2.54 bits per heavy atom. The van der Waals surface area contributed by atoms with E-state index in [0.29, 0.717) is 18.0 Å². The molecule has 7 heteroatoms. The second-order valence-corrected chi connectivity index (χ2v) is 9.83. The molecule has 1 fully saturated rings. The predicted molar refractivity (Wildman–Crippen MR) is 115 cm³/mol. The zero-order chi connectivity index (χ0) is 20.5. The number of carbonyl (C=O) groups is 1. The molecule has 1 saturated carbocycles. The van der Waals surface area contributed by atoms with Crippen molar-refractivity contribution in [3.05, 3.63) is 33.2 Å². The highest BCUT2D eigenvalue weighted by Crippen LogP contribution is 2.27. The van der Waals surface area contributed by atoms with Crippen molar-refractivity contribution in [2.75, 3.05) is 6.61 Å². The molecule has 0 radical (unpaired) electrons. The van der Waals surface area contributed by atoms with Crippen molar-refractivity contribution in [1.29, 1.82) is 0 Å². The molecule has 1 aliphatic rings. The van der Waals surface area contributed by atoms with Crippen LogP contribution in [-0.2, 0) is 6.54 Å². The summed E-state index contributed by atoms with van der Waals surface area (Å²) in [5.41, 5.74) is 0.711.